The summed E-state index contributed by atoms with van der Waals surface area (Å²) in [5.74, 6) is 0.231. The van der Waals surface area contributed by atoms with E-state index < -0.39 is 0 Å². The fraction of sp³-hybridized carbons (Fsp3) is 0.238. The molecule has 0 bridgehead atoms. The highest BCUT2D eigenvalue weighted by Crippen LogP contribution is 2.36. The van der Waals surface area contributed by atoms with Gasteiger partial charge in [0, 0.05) is 23.6 Å². The number of aromatic hydroxyl groups is 1. The van der Waals surface area contributed by atoms with Crippen LogP contribution in [-0.4, -0.2) is 24.7 Å². The minimum absolute atomic E-state index is 0.168. The van der Waals surface area contributed by atoms with Gasteiger partial charge in [-0.15, -0.1) is 15.0 Å². The highest BCUT2D eigenvalue weighted by atomic mass is 16.3. The fourth-order valence-corrected chi connectivity index (χ4v) is 3.16. The molecule has 0 spiro atoms. The molecule has 0 saturated heterocycles. The molecule has 2 aromatic heterocycles. The molecule has 0 aliphatic carbocycles. The summed E-state index contributed by atoms with van der Waals surface area (Å²) in [6.45, 7) is 8.27. The Hall–Kier alpha value is -3.08. The summed E-state index contributed by atoms with van der Waals surface area (Å²) in [5.41, 5.74) is 5.00. The van der Waals surface area contributed by atoms with Gasteiger partial charge in [0.2, 0.25) is 0 Å². The molecule has 5 heteroatoms. The lowest BCUT2D eigenvalue weighted by Gasteiger charge is -2.22. The maximum absolute atomic E-state index is 10.8. The zero-order valence-corrected chi connectivity index (χ0v) is 15.4. The first-order valence-corrected chi connectivity index (χ1v) is 8.68. The molecule has 0 aliphatic rings. The standard InChI is InChI=1S/C21H22N4O/c1-14-11-16(21(2,3)4)20(26)19(12-14)25-22-17-8-7-15(13-18(17)23-25)24-9-5-6-10-24/h5-13,26H,1-4H3. The molecule has 4 rings (SSSR count). The number of rotatable bonds is 2. The highest BCUT2D eigenvalue weighted by Gasteiger charge is 2.22. The Kier molecular flexibility index (Phi) is 3.61. The van der Waals surface area contributed by atoms with Gasteiger partial charge in [-0.1, -0.05) is 26.8 Å². The predicted octanol–water partition coefficient (Wildman–Crippen LogP) is 4.52. The van der Waals surface area contributed by atoms with E-state index in [1.54, 1.807) is 0 Å². The highest BCUT2D eigenvalue weighted by molar-refractivity contribution is 5.76. The molecule has 2 aromatic carbocycles. The van der Waals surface area contributed by atoms with Crippen LogP contribution >= 0.6 is 0 Å². The van der Waals surface area contributed by atoms with Crippen LogP contribution < -0.4 is 0 Å². The molecule has 0 unspecified atom stereocenters. The van der Waals surface area contributed by atoms with Crippen LogP contribution in [0.2, 0.25) is 0 Å². The number of nitrogens with zero attached hydrogens (tertiary/aromatic N) is 4. The smallest absolute Gasteiger partial charge is 0.146 e. The zero-order valence-electron chi connectivity index (χ0n) is 15.4. The third kappa shape index (κ3) is 2.75. The van der Waals surface area contributed by atoms with Gasteiger partial charge in [0.05, 0.1) is 0 Å². The minimum Gasteiger partial charge on any atom is -0.505 e. The Morgan fingerprint density at radius 3 is 2.31 bits per heavy atom. The van der Waals surface area contributed by atoms with E-state index in [1.807, 2.05) is 66.3 Å². The molecule has 0 fully saturated rings. The van der Waals surface area contributed by atoms with Gasteiger partial charge in [0.1, 0.15) is 22.5 Å². The maximum Gasteiger partial charge on any atom is 0.146 e. The Labute approximate surface area is 152 Å². The van der Waals surface area contributed by atoms with E-state index in [4.69, 9.17) is 0 Å². The van der Waals surface area contributed by atoms with Crippen LogP contribution in [0.15, 0.2) is 54.9 Å². The number of phenols is 1. The number of aryl methyl sites for hydroxylation is 1. The second-order valence-corrected chi connectivity index (χ2v) is 7.68. The molecule has 2 heterocycles. The second kappa shape index (κ2) is 5.73. The van der Waals surface area contributed by atoms with Crippen molar-refractivity contribution < 1.29 is 5.11 Å². The van der Waals surface area contributed by atoms with Gasteiger partial charge in [-0.05, 0) is 54.3 Å². The van der Waals surface area contributed by atoms with Gasteiger partial charge in [-0.25, -0.2) is 0 Å². The normalized spacial score (nSPS) is 12.0. The monoisotopic (exact) mass is 346 g/mol. The predicted molar refractivity (Wildman–Crippen MR) is 103 cm³/mol. The molecule has 0 aliphatic heterocycles. The van der Waals surface area contributed by atoms with Crippen molar-refractivity contribution in [2.45, 2.75) is 33.1 Å². The van der Waals surface area contributed by atoms with E-state index >= 15 is 0 Å². The van der Waals surface area contributed by atoms with Gasteiger partial charge in [-0.2, -0.15) is 0 Å². The van der Waals surface area contributed by atoms with Crippen molar-refractivity contribution in [2.75, 3.05) is 0 Å². The van der Waals surface area contributed by atoms with Crippen molar-refractivity contribution in [3.8, 4) is 17.1 Å². The Bertz CT molecular complexity index is 1090. The van der Waals surface area contributed by atoms with Gasteiger partial charge in [0.15, 0.2) is 0 Å². The molecule has 0 saturated carbocycles. The van der Waals surface area contributed by atoms with Crippen molar-refractivity contribution in [2.24, 2.45) is 0 Å². The molecule has 0 amide bonds. The van der Waals surface area contributed by atoms with Crippen molar-refractivity contribution in [3.05, 3.63) is 66.0 Å². The molecule has 1 N–H and O–H groups in total. The van der Waals surface area contributed by atoms with Crippen LogP contribution in [0.1, 0.15) is 31.9 Å². The lowest BCUT2D eigenvalue weighted by Crippen LogP contribution is -2.13. The summed E-state index contributed by atoms with van der Waals surface area (Å²) in [7, 11) is 0. The Balaban J connectivity index is 1.86. The minimum atomic E-state index is -0.168. The van der Waals surface area contributed by atoms with E-state index in [0.717, 1.165) is 27.8 Å². The largest absolute Gasteiger partial charge is 0.505 e. The Morgan fingerprint density at radius 2 is 1.62 bits per heavy atom. The van der Waals surface area contributed by atoms with Crippen LogP contribution in [0.4, 0.5) is 0 Å². The SMILES string of the molecule is Cc1cc(-n2nc3ccc(-n4cccc4)cc3n2)c(O)c(C(C)(C)C)c1. The number of benzene rings is 2. The number of hydrogen-bond donors (Lipinski definition) is 1. The molecule has 0 atom stereocenters. The first-order chi connectivity index (χ1) is 12.3. The summed E-state index contributed by atoms with van der Waals surface area (Å²) < 4.78 is 2.03. The Morgan fingerprint density at radius 1 is 0.923 bits per heavy atom. The van der Waals surface area contributed by atoms with Crippen LogP contribution in [0.25, 0.3) is 22.4 Å². The molecular weight excluding hydrogens is 324 g/mol. The van der Waals surface area contributed by atoms with E-state index in [0.29, 0.717) is 5.69 Å². The second-order valence-electron chi connectivity index (χ2n) is 7.68. The number of phenolic OH excluding ortho intramolecular Hbond substituents is 1. The lowest BCUT2D eigenvalue weighted by atomic mass is 9.85. The topological polar surface area (TPSA) is 55.9 Å². The molecular formula is C21H22N4O. The van der Waals surface area contributed by atoms with E-state index in [-0.39, 0.29) is 11.2 Å². The first kappa shape index (κ1) is 16.4. The van der Waals surface area contributed by atoms with Crippen LogP contribution in [0.3, 0.4) is 0 Å². The van der Waals surface area contributed by atoms with E-state index in [1.165, 1.54) is 4.80 Å². The summed E-state index contributed by atoms with van der Waals surface area (Å²) in [6.07, 6.45) is 3.99. The average Bonchev–Trinajstić information content (AvgIpc) is 3.23. The summed E-state index contributed by atoms with van der Waals surface area (Å²) in [5, 5.41) is 20.0. The van der Waals surface area contributed by atoms with Crippen molar-refractivity contribution in [1.29, 1.82) is 0 Å². The fourth-order valence-electron chi connectivity index (χ4n) is 3.16. The van der Waals surface area contributed by atoms with Crippen LogP contribution in [0.5, 0.6) is 5.75 Å². The van der Waals surface area contributed by atoms with E-state index in [9.17, 15) is 5.11 Å². The first-order valence-electron chi connectivity index (χ1n) is 8.68. The van der Waals surface area contributed by atoms with E-state index in [2.05, 4.69) is 31.0 Å². The summed E-state index contributed by atoms with van der Waals surface area (Å²) in [6, 6.07) is 13.9. The average molecular weight is 346 g/mol. The maximum atomic E-state index is 10.8. The molecule has 0 radical (unpaired) electrons. The molecule has 26 heavy (non-hydrogen) atoms. The third-order valence-corrected chi connectivity index (χ3v) is 4.52. The van der Waals surface area contributed by atoms with Crippen molar-refractivity contribution in [3.63, 3.8) is 0 Å². The van der Waals surface area contributed by atoms with Crippen molar-refractivity contribution in [1.82, 2.24) is 19.6 Å². The summed E-state index contributed by atoms with van der Waals surface area (Å²) >= 11 is 0. The number of hydrogen-bond acceptors (Lipinski definition) is 3. The van der Waals surface area contributed by atoms with Crippen LogP contribution in [0, 0.1) is 6.92 Å². The van der Waals surface area contributed by atoms with Gasteiger partial charge < -0.3 is 9.67 Å². The molecule has 132 valence electrons. The zero-order chi connectivity index (χ0) is 18.5. The van der Waals surface area contributed by atoms with Gasteiger partial charge in [0.25, 0.3) is 0 Å². The summed E-state index contributed by atoms with van der Waals surface area (Å²) in [4.78, 5) is 1.53. The quantitative estimate of drug-likeness (QED) is 0.580. The van der Waals surface area contributed by atoms with Gasteiger partial charge >= 0.3 is 0 Å². The van der Waals surface area contributed by atoms with Crippen LogP contribution in [-0.2, 0) is 5.41 Å². The molecule has 5 nitrogen and oxygen atoms in total. The number of fused-ring (bicyclic) bond motifs is 1. The number of aromatic nitrogens is 4. The lowest BCUT2D eigenvalue weighted by molar-refractivity contribution is 0.440. The third-order valence-electron chi connectivity index (χ3n) is 4.52. The van der Waals surface area contributed by atoms with Crippen molar-refractivity contribution >= 4 is 11.0 Å². The molecule has 4 aromatic rings. The van der Waals surface area contributed by atoms with Gasteiger partial charge in [-0.3, -0.25) is 0 Å².